The lowest BCUT2D eigenvalue weighted by Crippen LogP contribution is -2.18. The van der Waals surface area contributed by atoms with Crippen LogP contribution in [0, 0.1) is 11.6 Å². The van der Waals surface area contributed by atoms with Gasteiger partial charge < -0.3 is 15.0 Å². The second-order valence-electron chi connectivity index (χ2n) is 5.17. The molecule has 0 bridgehead atoms. The molecule has 0 aliphatic heterocycles. The van der Waals surface area contributed by atoms with E-state index in [1.54, 1.807) is 31.4 Å². The molecule has 5 nitrogen and oxygen atoms in total. The van der Waals surface area contributed by atoms with Crippen molar-refractivity contribution in [2.75, 3.05) is 5.73 Å². The number of hydrogen-bond acceptors (Lipinski definition) is 4. The van der Waals surface area contributed by atoms with E-state index in [4.69, 9.17) is 10.5 Å². The van der Waals surface area contributed by atoms with Crippen LogP contribution in [0.5, 0.6) is 11.5 Å². The summed E-state index contributed by atoms with van der Waals surface area (Å²) in [5, 5.41) is 0. The summed E-state index contributed by atoms with van der Waals surface area (Å²) in [5.41, 5.74) is 6.96. The molecule has 0 radical (unpaired) electrons. The van der Waals surface area contributed by atoms with E-state index in [1.807, 2.05) is 0 Å². The Morgan fingerprint density at radius 3 is 2.58 bits per heavy atom. The topological polar surface area (TPSA) is 70.1 Å². The molecule has 0 saturated carbocycles. The van der Waals surface area contributed by atoms with Gasteiger partial charge in [-0.1, -0.05) is 0 Å². The molecule has 2 aromatic carbocycles. The molecule has 0 unspecified atom stereocenters. The summed E-state index contributed by atoms with van der Waals surface area (Å²) >= 11 is 0. The molecule has 122 valence electrons. The van der Waals surface area contributed by atoms with E-state index in [0.717, 1.165) is 12.1 Å². The zero-order valence-electron chi connectivity index (χ0n) is 12.7. The third-order valence-corrected chi connectivity index (χ3v) is 3.38. The number of halogens is 2. The van der Waals surface area contributed by atoms with Gasteiger partial charge in [0.15, 0.2) is 11.6 Å². The van der Waals surface area contributed by atoms with Crippen molar-refractivity contribution in [1.82, 2.24) is 9.55 Å². The summed E-state index contributed by atoms with van der Waals surface area (Å²) < 4.78 is 33.7. The number of ether oxygens (including phenoxy) is 1. The van der Waals surface area contributed by atoms with Crippen LogP contribution in [0.2, 0.25) is 0 Å². The predicted molar refractivity (Wildman–Crippen MR) is 85.8 cm³/mol. The van der Waals surface area contributed by atoms with Crippen molar-refractivity contribution in [3.05, 3.63) is 70.9 Å². The minimum absolute atomic E-state index is 0.125. The zero-order chi connectivity index (χ0) is 17.3. The van der Waals surface area contributed by atoms with Crippen molar-refractivity contribution in [1.29, 1.82) is 0 Å². The van der Waals surface area contributed by atoms with E-state index in [-0.39, 0.29) is 5.75 Å². The Morgan fingerprint density at radius 2 is 1.88 bits per heavy atom. The molecule has 24 heavy (non-hydrogen) atoms. The fourth-order valence-corrected chi connectivity index (χ4v) is 2.19. The molecule has 0 saturated heterocycles. The molecule has 3 aromatic rings. The van der Waals surface area contributed by atoms with Gasteiger partial charge in [0.05, 0.1) is 0 Å². The van der Waals surface area contributed by atoms with Crippen LogP contribution in [-0.2, 0) is 7.05 Å². The van der Waals surface area contributed by atoms with Gasteiger partial charge in [-0.25, -0.2) is 18.6 Å². The Bertz CT molecular complexity index is 970. The lowest BCUT2D eigenvalue weighted by molar-refractivity contribution is 0.439. The Morgan fingerprint density at radius 1 is 1.12 bits per heavy atom. The van der Waals surface area contributed by atoms with Crippen molar-refractivity contribution in [3.63, 3.8) is 0 Å². The van der Waals surface area contributed by atoms with Crippen LogP contribution in [0.4, 0.5) is 14.5 Å². The summed E-state index contributed by atoms with van der Waals surface area (Å²) in [5.74, 6) is -1.34. The molecule has 0 aliphatic carbocycles. The quantitative estimate of drug-likeness (QED) is 0.750. The molecule has 2 N–H and O–H groups in total. The molecule has 3 rings (SSSR count). The van der Waals surface area contributed by atoms with Gasteiger partial charge in [0.2, 0.25) is 0 Å². The smallest absolute Gasteiger partial charge is 0.347 e. The second kappa shape index (κ2) is 6.11. The number of nitrogens with zero attached hydrogens (tertiary/aromatic N) is 2. The standard InChI is InChI=1S/C17H13F2N3O2/c1-22-9-10(8-21-17(22)23)13-7-12(20)3-5-15(13)24-16-4-2-11(18)6-14(16)19/h2-9H,20H2,1H3. The number of benzene rings is 2. The molecule has 0 atom stereocenters. The number of hydrogen-bond donors (Lipinski definition) is 1. The predicted octanol–water partition coefficient (Wildman–Crippen LogP) is 3.10. The highest BCUT2D eigenvalue weighted by Gasteiger charge is 2.12. The first-order chi connectivity index (χ1) is 11.4. The molecule has 1 aromatic heterocycles. The van der Waals surface area contributed by atoms with Crippen molar-refractivity contribution >= 4 is 5.69 Å². The summed E-state index contributed by atoms with van der Waals surface area (Å²) in [6.45, 7) is 0. The highest BCUT2D eigenvalue weighted by Crippen LogP contribution is 2.35. The SMILES string of the molecule is Cn1cc(-c2cc(N)ccc2Oc2ccc(F)cc2F)cnc1=O. The van der Waals surface area contributed by atoms with Crippen LogP contribution in [-0.4, -0.2) is 9.55 Å². The Balaban J connectivity index is 2.08. The maximum absolute atomic E-state index is 13.8. The van der Waals surface area contributed by atoms with Crippen molar-refractivity contribution in [2.45, 2.75) is 0 Å². The van der Waals surface area contributed by atoms with Crippen LogP contribution >= 0.6 is 0 Å². The van der Waals surface area contributed by atoms with Gasteiger partial charge in [-0.3, -0.25) is 0 Å². The van der Waals surface area contributed by atoms with Crippen LogP contribution in [0.15, 0.2) is 53.6 Å². The molecule has 0 fully saturated rings. The van der Waals surface area contributed by atoms with Gasteiger partial charge in [0.1, 0.15) is 11.6 Å². The normalized spacial score (nSPS) is 10.6. The molecular weight excluding hydrogens is 316 g/mol. The van der Waals surface area contributed by atoms with E-state index in [1.165, 1.54) is 16.8 Å². The van der Waals surface area contributed by atoms with Gasteiger partial charge in [0.25, 0.3) is 0 Å². The van der Waals surface area contributed by atoms with Gasteiger partial charge in [0, 0.05) is 42.3 Å². The van der Waals surface area contributed by atoms with Crippen LogP contribution in [0.25, 0.3) is 11.1 Å². The zero-order valence-corrected chi connectivity index (χ0v) is 12.7. The Hall–Kier alpha value is -3.22. The summed E-state index contributed by atoms with van der Waals surface area (Å²) in [6, 6.07) is 7.82. The molecule has 0 spiro atoms. The maximum Gasteiger partial charge on any atom is 0.347 e. The first-order valence-electron chi connectivity index (χ1n) is 6.99. The average molecular weight is 329 g/mol. The third-order valence-electron chi connectivity index (χ3n) is 3.38. The molecule has 0 amide bonds. The van der Waals surface area contributed by atoms with E-state index in [2.05, 4.69) is 4.98 Å². The number of rotatable bonds is 3. The number of nitrogen functional groups attached to an aromatic ring is 1. The summed E-state index contributed by atoms with van der Waals surface area (Å²) in [7, 11) is 1.56. The highest BCUT2D eigenvalue weighted by atomic mass is 19.1. The van der Waals surface area contributed by atoms with Crippen molar-refractivity contribution in [2.24, 2.45) is 7.05 Å². The second-order valence-corrected chi connectivity index (χ2v) is 5.17. The Kier molecular flexibility index (Phi) is 3.99. The maximum atomic E-state index is 13.8. The number of anilines is 1. The minimum atomic E-state index is -0.823. The van der Waals surface area contributed by atoms with E-state index in [0.29, 0.717) is 22.6 Å². The van der Waals surface area contributed by atoms with Crippen LogP contribution in [0.1, 0.15) is 0 Å². The average Bonchev–Trinajstić information content (AvgIpc) is 2.54. The number of nitrogens with two attached hydrogens (primary N) is 1. The van der Waals surface area contributed by atoms with Crippen molar-refractivity contribution < 1.29 is 13.5 Å². The monoisotopic (exact) mass is 329 g/mol. The van der Waals surface area contributed by atoms with Gasteiger partial charge >= 0.3 is 5.69 Å². The minimum Gasteiger partial charge on any atom is -0.454 e. The Labute approximate surface area is 136 Å². The lowest BCUT2D eigenvalue weighted by Gasteiger charge is -2.13. The molecule has 7 heteroatoms. The summed E-state index contributed by atoms with van der Waals surface area (Å²) in [4.78, 5) is 15.2. The largest absolute Gasteiger partial charge is 0.454 e. The third kappa shape index (κ3) is 3.10. The first-order valence-corrected chi connectivity index (χ1v) is 6.99. The fraction of sp³-hybridized carbons (Fsp3) is 0.0588. The summed E-state index contributed by atoms with van der Waals surface area (Å²) in [6.07, 6.45) is 2.95. The van der Waals surface area contributed by atoms with E-state index in [9.17, 15) is 13.6 Å². The fourth-order valence-electron chi connectivity index (χ4n) is 2.19. The molecule has 1 heterocycles. The van der Waals surface area contributed by atoms with Crippen LogP contribution < -0.4 is 16.2 Å². The van der Waals surface area contributed by atoms with E-state index >= 15 is 0 Å². The van der Waals surface area contributed by atoms with Gasteiger partial charge in [-0.2, -0.15) is 0 Å². The number of aryl methyl sites for hydroxylation is 1. The van der Waals surface area contributed by atoms with Gasteiger partial charge in [-0.15, -0.1) is 0 Å². The van der Waals surface area contributed by atoms with E-state index < -0.39 is 17.3 Å². The lowest BCUT2D eigenvalue weighted by atomic mass is 10.1. The first kappa shape index (κ1) is 15.7. The molecular formula is C17H13F2N3O2. The highest BCUT2D eigenvalue weighted by molar-refractivity contribution is 5.73. The van der Waals surface area contributed by atoms with Gasteiger partial charge in [-0.05, 0) is 30.3 Å². The van der Waals surface area contributed by atoms with Crippen molar-refractivity contribution in [3.8, 4) is 22.6 Å². The molecule has 0 aliphatic rings. The number of aromatic nitrogens is 2. The van der Waals surface area contributed by atoms with Crippen LogP contribution in [0.3, 0.4) is 0 Å².